The van der Waals surface area contributed by atoms with E-state index in [0.717, 1.165) is 24.0 Å². The highest BCUT2D eigenvalue weighted by Crippen LogP contribution is 2.33. The number of likely N-dealkylation sites (tertiary alicyclic amines) is 1. The molecule has 9 heteroatoms. The Bertz CT molecular complexity index is 1450. The van der Waals surface area contributed by atoms with Gasteiger partial charge in [0.1, 0.15) is 41.3 Å². The molecular weight excluding hydrogens is 502 g/mol. The quantitative estimate of drug-likeness (QED) is 0.310. The molecule has 1 saturated heterocycles. The number of nitrogens with zero attached hydrogens (tertiary/aromatic N) is 4. The van der Waals surface area contributed by atoms with E-state index in [0.29, 0.717) is 40.9 Å². The van der Waals surface area contributed by atoms with Crippen LogP contribution in [0.4, 0.5) is 10.6 Å². The van der Waals surface area contributed by atoms with Crippen molar-refractivity contribution in [3.05, 3.63) is 95.0 Å². The fourth-order valence-electron chi connectivity index (χ4n) is 4.49. The smallest absolute Gasteiger partial charge is 0.410 e. The number of rotatable bonds is 6. The molecule has 3 aromatic carbocycles. The first-order valence-corrected chi connectivity index (χ1v) is 12.7. The van der Waals surface area contributed by atoms with Gasteiger partial charge in [-0.1, -0.05) is 41.9 Å². The molecule has 192 valence electrons. The molecule has 0 bridgehead atoms. The molecule has 1 fully saturated rings. The third-order valence-corrected chi connectivity index (χ3v) is 6.69. The minimum absolute atomic E-state index is 0.165. The number of piperidine rings is 1. The normalized spacial score (nSPS) is 15.1. The number of hydrogen-bond acceptors (Lipinski definition) is 6. The maximum atomic E-state index is 12.7. The summed E-state index contributed by atoms with van der Waals surface area (Å²) in [4.78, 5) is 14.4. The average Bonchev–Trinajstić information content (AvgIpc) is 3.30. The minimum atomic E-state index is -0.374. The van der Waals surface area contributed by atoms with Gasteiger partial charge in [-0.2, -0.15) is 10.4 Å². The van der Waals surface area contributed by atoms with Gasteiger partial charge >= 0.3 is 6.09 Å². The molecule has 1 aromatic heterocycles. The lowest BCUT2D eigenvalue weighted by atomic mass is 10.1. The Kier molecular flexibility index (Phi) is 7.47. The number of carbonyl (C=O) groups is 1. The van der Waals surface area contributed by atoms with Crippen LogP contribution in [0.2, 0.25) is 5.02 Å². The number of nitriles is 1. The molecule has 1 amide bonds. The molecule has 4 aromatic rings. The van der Waals surface area contributed by atoms with Crippen LogP contribution in [0.3, 0.4) is 0 Å². The van der Waals surface area contributed by atoms with Crippen molar-refractivity contribution in [2.45, 2.75) is 25.5 Å². The summed E-state index contributed by atoms with van der Waals surface area (Å²) in [6, 6.07) is 26.0. The van der Waals surface area contributed by atoms with E-state index in [1.54, 1.807) is 33.8 Å². The third-order valence-electron chi connectivity index (χ3n) is 6.44. The largest absolute Gasteiger partial charge is 0.457 e. The van der Waals surface area contributed by atoms with Crippen LogP contribution in [0, 0.1) is 11.3 Å². The zero-order valence-corrected chi connectivity index (χ0v) is 21.3. The maximum Gasteiger partial charge on any atom is 0.410 e. The van der Waals surface area contributed by atoms with Gasteiger partial charge in [-0.15, -0.1) is 0 Å². The van der Waals surface area contributed by atoms with Gasteiger partial charge in [-0.05, 0) is 66.9 Å². The molecule has 1 aliphatic rings. The fraction of sp³-hybridized carbons (Fsp3) is 0.207. The first kappa shape index (κ1) is 25.2. The first-order valence-electron chi connectivity index (χ1n) is 12.3. The van der Waals surface area contributed by atoms with Crippen molar-refractivity contribution in [1.82, 2.24) is 14.7 Å². The number of anilines is 1. The first-order chi connectivity index (χ1) is 18.5. The second-order valence-electron chi connectivity index (χ2n) is 9.03. The summed E-state index contributed by atoms with van der Waals surface area (Å²) in [6.45, 7) is 1.21. The molecule has 8 nitrogen and oxygen atoms in total. The third kappa shape index (κ3) is 5.58. The minimum Gasteiger partial charge on any atom is -0.457 e. The van der Waals surface area contributed by atoms with E-state index in [1.165, 1.54) is 0 Å². The monoisotopic (exact) mass is 527 g/mol. The highest BCUT2D eigenvalue weighted by atomic mass is 35.5. The lowest BCUT2D eigenvalue weighted by molar-refractivity contribution is 0.0791. The predicted octanol–water partition coefficient (Wildman–Crippen LogP) is 6.42. The van der Waals surface area contributed by atoms with Gasteiger partial charge < -0.3 is 20.1 Å². The lowest BCUT2D eigenvalue weighted by Crippen LogP contribution is -2.41. The van der Waals surface area contributed by atoms with Crippen LogP contribution in [0.25, 0.3) is 11.3 Å². The van der Waals surface area contributed by atoms with E-state index in [-0.39, 0.29) is 24.6 Å². The number of benzene rings is 3. The van der Waals surface area contributed by atoms with Crippen molar-refractivity contribution in [3.63, 3.8) is 0 Å². The Balaban J connectivity index is 1.30. The summed E-state index contributed by atoms with van der Waals surface area (Å²) in [6.07, 6.45) is 1.19. The number of aromatic nitrogens is 2. The van der Waals surface area contributed by atoms with Gasteiger partial charge in [0.15, 0.2) is 0 Å². The average molecular weight is 528 g/mol. The molecule has 0 aliphatic carbocycles. The molecule has 0 radical (unpaired) electrons. The van der Waals surface area contributed by atoms with Gasteiger partial charge in [0.25, 0.3) is 0 Å². The number of amides is 1. The van der Waals surface area contributed by atoms with E-state index < -0.39 is 0 Å². The van der Waals surface area contributed by atoms with E-state index in [9.17, 15) is 10.1 Å². The molecule has 0 saturated carbocycles. The van der Waals surface area contributed by atoms with Crippen molar-refractivity contribution in [1.29, 1.82) is 5.26 Å². The van der Waals surface area contributed by atoms with Gasteiger partial charge in [0.05, 0.1) is 6.04 Å². The highest BCUT2D eigenvalue weighted by Gasteiger charge is 2.29. The van der Waals surface area contributed by atoms with E-state index >= 15 is 0 Å². The SMILES string of the molecule is N#Cc1c(-c2ccc(Oc3ccc(Cl)cc3)cc2)nn(C2CCCN(C(=O)OCc3ccccc3)C2)c1N. The fourth-order valence-corrected chi connectivity index (χ4v) is 4.61. The van der Waals surface area contributed by atoms with E-state index in [4.69, 9.17) is 31.9 Å². The Morgan fingerprint density at radius 1 is 1.05 bits per heavy atom. The van der Waals surface area contributed by atoms with Crippen molar-refractivity contribution in [2.24, 2.45) is 0 Å². The molecule has 0 spiro atoms. The second-order valence-corrected chi connectivity index (χ2v) is 9.46. The van der Waals surface area contributed by atoms with Crippen molar-refractivity contribution < 1.29 is 14.3 Å². The number of nitrogen functional groups attached to an aromatic ring is 1. The lowest BCUT2D eigenvalue weighted by Gasteiger charge is -2.32. The zero-order chi connectivity index (χ0) is 26.5. The van der Waals surface area contributed by atoms with Gasteiger partial charge in [-0.25, -0.2) is 9.48 Å². The van der Waals surface area contributed by atoms with Crippen LogP contribution in [-0.4, -0.2) is 33.9 Å². The molecule has 1 atom stereocenters. The van der Waals surface area contributed by atoms with Crippen LogP contribution < -0.4 is 10.5 Å². The van der Waals surface area contributed by atoms with Crippen LogP contribution in [0.15, 0.2) is 78.9 Å². The molecule has 2 heterocycles. The standard InChI is InChI=1S/C29H26ClN5O3/c30-22-10-14-25(15-11-22)38-24-12-8-21(9-13-24)27-26(17-31)28(32)35(33-27)23-7-4-16-34(18-23)29(36)37-19-20-5-2-1-3-6-20/h1-3,5-6,8-15,23H,4,7,16,18-19,32H2. The number of carbonyl (C=O) groups excluding carboxylic acids is 1. The predicted molar refractivity (Wildman–Crippen MR) is 145 cm³/mol. The number of nitrogens with two attached hydrogens (primary N) is 1. The summed E-state index contributed by atoms with van der Waals surface area (Å²) in [7, 11) is 0. The van der Waals surface area contributed by atoms with Crippen LogP contribution >= 0.6 is 11.6 Å². The Hall–Kier alpha value is -4.48. The summed E-state index contributed by atoms with van der Waals surface area (Å²) >= 11 is 5.94. The summed E-state index contributed by atoms with van der Waals surface area (Å²) in [5, 5.41) is 15.2. The molecule has 5 rings (SSSR count). The van der Waals surface area contributed by atoms with Crippen LogP contribution in [0.1, 0.15) is 30.0 Å². The van der Waals surface area contributed by atoms with Gasteiger partial charge in [0, 0.05) is 23.7 Å². The number of halogens is 1. The van der Waals surface area contributed by atoms with Crippen molar-refractivity contribution in [3.8, 4) is 28.8 Å². The number of hydrogen-bond donors (Lipinski definition) is 1. The van der Waals surface area contributed by atoms with E-state index in [2.05, 4.69) is 6.07 Å². The molecule has 1 unspecified atom stereocenters. The Labute approximate surface area is 225 Å². The Morgan fingerprint density at radius 3 is 2.42 bits per heavy atom. The summed E-state index contributed by atoms with van der Waals surface area (Å²) in [5.41, 5.74) is 8.86. The molecule has 2 N–H and O–H groups in total. The molecular formula is C29H26ClN5O3. The molecule has 38 heavy (non-hydrogen) atoms. The summed E-state index contributed by atoms with van der Waals surface area (Å²) in [5.74, 6) is 1.59. The van der Waals surface area contributed by atoms with Gasteiger partial charge in [0.2, 0.25) is 0 Å². The maximum absolute atomic E-state index is 12.7. The van der Waals surface area contributed by atoms with Crippen molar-refractivity contribution in [2.75, 3.05) is 18.8 Å². The highest BCUT2D eigenvalue weighted by molar-refractivity contribution is 6.30. The van der Waals surface area contributed by atoms with E-state index in [1.807, 2.05) is 54.6 Å². The number of ether oxygens (including phenoxy) is 2. The second kappa shape index (κ2) is 11.3. The Morgan fingerprint density at radius 2 is 1.74 bits per heavy atom. The topological polar surface area (TPSA) is 106 Å². The van der Waals surface area contributed by atoms with Crippen LogP contribution in [0.5, 0.6) is 11.5 Å². The summed E-state index contributed by atoms with van der Waals surface area (Å²) < 4.78 is 13.0. The molecule has 1 aliphatic heterocycles. The zero-order valence-electron chi connectivity index (χ0n) is 20.6. The van der Waals surface area contributed by atoms with Crippen LogP contribution in [-0.2, 0) is 11.3 Å². The van der Waals surface area contributed by atoms with Crippen molar-refractivity contribution >= 4 is 23.5 Å². The van der Waals surface area contributed by atoms with Gasteiger partial charge in [-0.3, -0.25) is 0 Å².